The first kappa shape index (κ1) is 21.7. The van der Waals surface area contributed by atoms with E-state index in [2.05, 4.69) is 0 Å². The summed E-state index contributed by atoms with van der Waals surface area (Å²) in [6, 6.07) is 6.34. The van der Waals surface area contributed by atoms with Crippen LogP contribution < -0.4 is 0 Å². The molecule has 1 saturated carbocycles. The second kappa shape index (κ2) is 10.1. The highest BCUT2D eigenvalue weighted by molar-refractivity contribution is 5.99. The zero-order valence-corrected chi connectivity index (χ0v) is 17.4. The molecule has 0 N–H and O–H groups in total. The lowest BCUT2D eigenvalue weighted by molar-refractivity contribution is -0.277. The quantitative estimate of drug-likeness (QED) is 0.349. The number of hydrogen-bond acceptors (Lipinski definition) is 5. The van der Waals surface area contributed by atoms with Gasteiger partial charge < -0.3 is 4.74 Å². The Morgan fingerprint density at radius 3 is 2.45 bits per heavy atom. The summed E-state index contributed by atoms with van der Waals surface area (Å²) >= 11 is 0. The van der Waals surface area contributed by atoms with Gasteiger partial charge in [0.05, 0.1) is 31.6 Å². The Morgan fingerprint density at radius 1 is 1.17 bits per heavy atom. The van der Waals surface area contributed by atoms with E-state index in [4.69, 9.17) is 19.5 Å². The average molecular weight is 403 g/mol. The van der Waals surface area contributed by atoms with Crippen LogP contribution in [0.25, 0.3) is 0 Å². The van der Waals surface area contributed by atoms with Crippen molar-refractivity contribution >= 4 is 11.7 Å². The largest absolute Gasteiger partial charge is 0.463 e. The predicted octanol–water partition coefficient (Wildman–Crippen LogP) is 4.98. The molecular formula is C23H30FNO4. The van der Waals surface area contributed by atoms with Crippen LogP contribution in [0.5, 0.6) is 0 Å². The van der Waals surface area contributed by atoms with E-state index >= 15 is 0 Å². The maximum absolute atomic E-state index is 13.6. The van der Waals surface area contributed by atoms with Crippen LogP contribution in [0.4, 0.5) is 4.39 Å². The Kier molecular flexibility index (Phi) is 7.56. The number of halogens is 1. The van der Waals surface area contributed by atoms with Crippen LogP contribution in [0.15, 0.2) is 40.5 Å². The van der Waals surface area contributed by atoms with Crippen LogP contribution in [0.3, 0.4) is 0 Å². The summed E-state index contributed by atoms with van der Waals surface area (Å²) in [7, 11) is 1.47. The van der Waals surface area contributed by atoms with Crippen LogP contribution >= 0.6 is 0 Å². The van der Waals surface area contributed by atoms with Crippen LogP contribution in [0.2, 0.25) is 0 Å². The number of allylic oxidation sites excluding steroid dienone is 1. The fourth-order valence-electron chi connectivity index (χ4n) is 4.58. The maximum Gasteiger partial charge on any atom is 0.336 e. The summed E-state index contributed by atoms with van der Waals surface area (Å²) in [5.74, 6) is -0.786. The lowest BCUT2D eigenvalue weighted by Gasteiger charge is -2.36. The van der Waals surface area contributed by atoms with Gasteiger partial charge in [-0.1, -0.05) is 31.9 Å². The van der Waals surface area contributed by atoms with Gasteiger partial charge in [-0.05, 0) is 49.8 Å². The van der Waals surface area contributed by atoms with Crippen molar-refractivity contribution < 1.29 is 23.7 Å². The second-order valence-corrected chi connectivity index (χ2v) is 7.54. The Labute approximate surface area is 171 Å². The minimum absolute atomic E-state index is 0.168. The van der Waals surface area contributed by atoms with Crippen molar-refractivity contribution in [1.82, 2.24) is 0 Å². The van der Waals surface area contributed by atoms with Gasteiger partial charge in [-0.25, -0.2) is 19.0 Å². The zero-order chi connectivity index (χ0) is 20.8. The van der Waals surface area contributed by atoms with Gasteiger partial charge in [-0.15, -0.1) is 0 Å². The molecule has 158 valence electrons. The first-order chi connectivity index (χ1) is 14.1. The van der Waals surface area contributed by atoms with E-state index in [0.29, 0.717) is 17.9 Å². The monoisotopic (exact) mass is 403 g/mol. The number of hydrogen-bond donors (Lipinski definition) is 0. The van der Waals surface area contributed by atoms with Crippen LogP contribution in [0, 0.1) is 17.7 Å². The molecule has 3 rings (SSSR count). The number of aliphatic imine (C=N–C) groups is 1. The van der Waals surface area contributed by atoms with Gasteiger partial charge in [0.2, 0.25) is 0 Å². The van der Waals surface area contributed by atoms with E-state index in [0.717, 1.165) is 29.8 Å². The van der Waals surface area contributed by atoms with Gasteiger partial charge in [0.15, 0.2) is 0 Å². The predicted molar refractivity (Wildman–Crippen MR) is 109 cm³/mol. The fraction of sp³-hybridized carbons (Fsp3) is 0.565. The van der Waals surface area contributed by atoms with E-state index in [1.54, 1.807) is 19.1 Å². The standard InChI is InChI=1S/C23H30FNO4/c1-4-19-21(23(26)28-5-2)20(15-10-12-17(24)13-11-15)18(14-29-27-3)22(25-19)16-8-6-7-9-16/h10-13,16,18,20H,4-9,14H2,1-3H3. The molecule has 5 nitrogen and oxygen atoms in total. The number of carbonyl (C=O) groups excluding carboxylic acids is 1. The molecule has 1 aliphatic heterocycles. The third-order valence-corrected chi connectivity index (χ3v) is 5.87. The number of ether oxygens (including phenoxy) is 1. The van der Waals surface area contributed by atoms with Gasteiger partial charge >= 0.3 is 5.97 Å². The number of esters is 1. The first-order valence-electron chi connectivity index (χ1n) is 10.5. The molecule has 0 aromatic heterocycles. The van der Waals surface area contributed by atoms with Crippen molar-refractivity contribution in [3.05, 3.63) is 46.9 Å². The fourth-order valence-corrected chi connectivity index (χ4v) is 4.58. The maximum atomic E-state index is 13.6. The highest BCUT2D eigenvalue weighted by atomic mass is 19.1. The molecule has 6 heteroatoms. The van der Waals surface area contributed by atoms with Crippen molar-refractivity contribution in [2.24, 2.45) is 16.8 Å². The lowest BCUT2D eigenvalue weighted by atomic mass is 9.72. The molecule has 29 heavy (non-hydrogen) atoms. The van der Waals surface area contributed by atoms with Gasteiger partial charge in [0.25, 0.3) is 0 Å². The second-order valence-electron chi connectivity index (χ2n) is 7.54. The molecule has 1 aromatic carbocycles. The van der Waals surface area contributed by atoms with Crippen molar-refractivity contribution in [1.29, 1.82) is 0 Å². The SMILES string of the molecule is CCOC(=O)C1=C(CC)N=C(C2CCCC2)C(COOC)C1c1ccc(F)cc1. The molecule has 1 aliphatic carbocycles. The third kappa shape index (κ3) is 4.75. The molecule has 0 bridgehead atoms. The highest BCUT2D eigenvalue weighted by Crippen LogP contribution is 2.44. The van der Waals surface area contributed by atoms with Crippen molar-refractivity contribution in [3.63, 3.8) is 0 Å². The summed E-state index contributed by atoms with van der Waals surface area (Å²) in [6.45, 7) is 4.35. The summed E-state index contributed by atoms with van der Waals surface area (Å²) in [5, 5.41) is 0. The summed E-state index contributed by atoms with van der Waals surface area (Å²) in [4.78, 5) is 28.2. The molecule has 0 spiro atoms. The molecule has 1 fully saturated rings. The molecule has 0 amide bonds. The normalized spacial score (nSPS) is 22.7. The Bertz CT molecular complexity index is 766. The molecule has 2 unspecified atom stereocenters. The summed E-state index contributed by atoms with van der Waals surface area (Å²) in [5.41, 5.74) is 3.23. The molecule has 0 radical (unpaired) electrons. The number of nitrogens with zero attached hydrogens (tertiary/aromatic N) is 1. The lowest BCUT2D eigenvalue weighted by Crippen LogP contribution is -2.37. The van der Waals surface area contributed by atoms with Crippen LogP contribution in [-0.2, 0) is 19.3 Å². The molecule has 2 atom stereocenters. The number of rotatable bonds is 8. The average Bonchev–Trinajstić information content (AvgIpc) is 3.26. The summed E-state index contributed by atoms with van der Waals surface area (Å²) < 4.78 is 19.0. The van der Waals surface area contributed by atoms with E-state index in [9.17, 15) is 9.18 Å². The van der Waals surface area contributed by atoms with Gasteiger partial charge in [-0.3, -0.25) is 4.99 Å². The third-order valence-electron chi connectivity index (χ3n) is 5.87. The van der Waals surface area contributed by atoms with E-state index in [1.165, 1.54) is 32.1 Å². The molecule has 0 saturated heterocycles. The molecule has 1 aromatic rings. The zero-order valence-electron chi connectivity index (χ0n) is 17.4. The Balaban J connectivity index is 2.14. The van der Waals surface area contributed by atoms with Crippen LogP contribution in [0.1, 0.15) is 57.4 Å². The number of benzene rings is 1. The highest BCUT2D eigenvalue weighted by Gasteiger charge is 2.42. The summed E-state index contributed by atoms with van der Waals surface area (Å²) in [6.07, 6.45) is 5.16. The van der Waals surface area contributed by atoms with E-state index < -0.39 is 0 Å². The minimum atomic E-state index is -0.365. The van der Waals surface area contributed by atoms with Crippen molar-refractivity contribution in [2.45, 2.75) is 51.9 Å². The van der Waals surface area contributed by atoms with Crippen molar-refractivity contribution in [2.75, 3.05) is 20.3 Å². The van der Waals surface area contributed by atoms with Gasteiger partial charge in [0.1, 0.15) is 5.82 Å². The Morgan fingerprint density at radius 2 is 1.86 bits per heavy atom. The van der Waals surface area contributed by atoms with Gasteiger partial charge in [-0.2, -0.15) is 0 Å². The van der Waals surface area contributed by atoms with Crippen molar-refractivity contribution in [3.8, 4) is 0 Å². The molecule has 1 heterocycles. The van der Waals surface area contributed by atoms with Crippen LogP contribution in [-0.4, -0.2) is 32.0 Å². The smallest absolute Gasteiger partial charge is 0.336 e. The number of carbonyl (C=O) groups is 1. The molecular weight excluding hydrogens is 373 g/mol. The topological polar surface area (TPSA) is 57.1 Å². The van der Waals surface area contributed by atoms with Gasteiger partial charge in [0, 0.05) is 17.5 Å². The van der Waals surface area contributed by atoms with E-state index in [1.807, 2.05) is 6.92 Å². The first-order valence-corrected chi connectivity index (χ1v) is 10.5. The van der Waals surface area contributed by atoms with E-state index in [-0.39, 0.29) is 36.8 Å². The Hall–Kier alpha value is -2.05. The molecule has 2 aliphatic rings. The minimum Gasteiger partial charge on any atom is -0.463 e.